The van der Waals surface area contributed by atoms with Crippen LogP contribution in [-0.4, -0.2) is 19.1 Å². The Bertz CT molecular complexity index is 700. The van der Waals surface area contributed by atoms with Crippen LogP contribution in [0.3, 0.4) is 0 Å². The number of para-hydroxylation sites is 1. The molecule has 0 saturated carbocycles. The van der Waals surface area contributed by atoms with Gasteiger partial charge in [0.1, 0.15) is 5.75 Å². The Kier molecular flexibility index (Phi) is 4.24. The average molecular weight is 310 g/mol. The first-order valence-electron chi connectivity index (χ1n) is 7.89. The van der Waals surface area contributed by atoms with Gasteiger partial charge in [-0.1, -0.05) is 24.3 Å². The third-order valence-corrected chi connectivity index (χ3v) is 4.34. The number of benzene rings is 2. The highest BCUT2D eigenvalue weighted by molar-refractivity contribution is 5.94. The summed E-state index contributed by atoms with van der Waals surface area (Å²) in [6, 6.07) is 16.4. The highest BCUT2D eigenvalue weighted by atomic mass is 16.5. The minimum absolute atomic E-state index is 0.0603. The van der Waals surface area contributed by atoms with E-state index < -0.39 is 0 Å². The lowest BCUT2D eigenvalue weighted by atomic mass is 9.91. The lowest BCUT2D eigenvalue weighted by Crippen LogP contribution is -2.43. The molecule has 4 nitrogen and oxygen atoms in total. The number of nitrogens with zero attached hydrogens (tertiary/aromatic N) is 1. The lowest BCUT2D eigenvalue weighted by Gasteiger charge is -2.39. The summed E-state index contributed by atoms with van der Waals surface area (Å²) in [5, 5.41) is 3.59. The van der Waals surface area contributed by atoms with Gasteiger partial charge >= 0.3 is 0 Å². The minimum atomic E-state index is 0.0603. The fraction of sp³-hybridized carbons (Fsp3) is 0.316. The monoisotopic (exact) mass is 310 g/mol. The summed E-state index contributed by atoms with van der Waals surface area (Å²) >= 11 is 0. The molecule has 1 amide bonds. The number of ether oxygens (including phenoxy) is 1. The zero-order chi connectivity index (χ0) is 16.4. The van der Waals surface area contributed by atoms with Crippen LogP contribution in [0.5, 0.6) is 5.75 Å². The molecule has 0 saturated heterocycles. The van der Waals surface area contributed by atoms with Crippen LogP contribution in [0.4, 0.5) is 11.4 Å². The van der Waals surface area contributed by atoms with Gasteiger partial charge in [0, 0.05) is 24.7 Å². The van der Waals surface area contributed by atoms with Crippen LogP contribution in [0.25, 0.3) is 0 Å². The van der Waals surface area contributed by atoms with Gasteiger partial charge in [-0.15, -0.1) is 0 Å². The highest BCUT2D eigenvalue weighted by Gasteiger charge is 2.32. The molecule has 2 aromatic carbocycles. The molecule has 3 rings (SSSR count). The third-order valence-electron chi connectivity index (χ3n) is 4.34. The number of carbonyl (C=O) groups excluding carboxylic acids is 1. The quantitative estimate of drug-likeness (QED) is 0.932. The van der Waals surface area contributed by atoms with Crippen molar-refractivity contribution in [3.8, 4) is 5.75 Å². The number of nitrogens with one attached hydrogen (secondary N) is 1. The zero-order valence-corrected chi connectivity index (χ0v) is 13.7. The smallest absolute Gasteiger partial charge is 0.224 e. The third kappa shape index (κ3) is 3.02. The fourth-order valence-corrected chi connectivity index (χ4v) is 3.32. The summed E-state index contributed by atoms with van der Waals surface area (Å²) in [5.74, 6) is 0.827. The SMILES string of the molecule is COc1ccc2c(c1)N(C(C)=O)C(C)CC2Nc1ccccc1. The maximum Gasteiger partial charge on any atom is 0.224 e. The van der Waals surface area contributed by atoms with Crippen LogP contribution < -0.4 is 15.0 Å². The minimum Gasteiger partial charge on any atom is -0.497 e. The van der Waals surface area contributed by atoms with E-state index in [1.807, 2.05) is 35.2 Å². The molecule has 0 aromatic heterocycles. The molecule has 23 heavy (non-hydrogen) atoms. The molecule has 2 unspecified atom stereocenters. The number of fused-ring (bicyclic) bond motifs is 1. The van der Waals surface area contributed by atoms with Gasteiger partial charge in [-0.25, -0.2) is 0 Å². The first-order valence-corrected chi connectivity index (χ1v) is 7.89. The zero-order valence-electron chi connectivity index (χ0n) is 13.7. The van der Waals surface area contributed by atoms with Crippen LogP contribution in [0, 0.1) is 0 Å². The molecule has 1 heterocycles. The van der Waals surface area contributed by atoms with Crippen molar-refractivity contribution in [3.63, 3.8) is 0 Å². The molecule has 0 fully saturated rings. The summed E-state index contributed by atoms with van der Waals surface area (Å²) in [7, 11) is 1.64. The summed E-state index contributed by atoms with van der Waals surface area (Å²) in [4.78, 5) is 14.0. The van der Waals surface area contributed by atoms with Crippen molar-refractivity contribution in [2.45, 2.75) is 32.4 Å². The standard InChI is InChI=1S/C19H22N2O2/c1-13-11-18(20-15-7-5-4-6-8-15)17-10-9-16(23-3)12-19(17)21(13)14(2)22/h4-10,12-13,18,20H,11H2,1-3H3. The molecule has 2 atom stereocenters. The van der Waals surface area contributed by atoms with Gasteiger partial charge in [-0.05, 0) is 37.1 Å². The Morgan fingerprint density at radius 1 is 1.22 bits per heavy atom. The number of methoxy groups -OCH3 is 1. The molecule has 2 aromatic rings. The van der Waals surface area contributed by atoms with E-state index in [2.05, 4.69) is 30.4 Å². The van der Waals surface area contributed by atoms with Crippen LogP contribution in [0.15, 0.2) is 48.5 Å². The molecule has 0 aliphatic carbocycles. The van der Waals surface area contributed by atoms with Gasteiger partial charge in [0.05, 0.1) is 18.8 Å². The van der Waals surface area contributed by atoms with E-state index in [-0.39, 0.29) is 18.0 Å². The predicted octanol–water partition coefficient (Wildman–Crippen LogP) is 3.99. The molecule has 0 bridgehead atoms. The van der Waals surface area contributed by atoms with E-state index in [4.69, 9.17) is 4.74 Å². The Balaban J connectivity index is 2.01. The second-order valence-corrected chi connectivity index (χ2v) is 5.96. The van der Waals surface area contributed by atoms with Crippen molar-refractivity contribution < 1.29 is 9.53 Å². The molecule has 1 aliphatic heterocycles. The Labute approximate surface area is 137 Å². The number of rotatable bonds is 3. The topological polar surface area (TPSA) is 41.6 Å². The molecule has 0 spiro atoms. The van der Waals surface area contributed by atoms with Crippen LogP contribution in [0.1, 0.15) is 31.9 Å². The number of hydrogen-bond acceptors (Lipinski definition) is 3. The van der Waals surface area contributed by atoms with Crippen molar-refractivity contribution in [1.82, 2.24) is 0 Å². The van der Waals surface area contributed by atoms with E-state index in [0.29, 0.717) is 0 Å². The van der Waals surface area contributed by atoms with E-state index in [0.717, 1.165) is 29.1 Å². The predicted molar refractivity (Wildman–Crippen MR) is 93.0 cm³/mol. The number of anilines is 2. The maximum absolute atomic E-state index is 12.1. The van der Waals surface area contributed by atoms with Gasteiger partial charge in [0.15, 0.2) is 0 Å². The van der Waals surface area contributed by atoms with Crippen molar-refractivity contribution in [2.24, 2.45) is 0 Å². The summed E-state index contributed by atoms with van der Waals surface area (Å²) in [5.41, 5.74) is 3.15. The fourth-order valence-electron chi connectivity index (χ4n) is 3.32. The summed E-state index contributed by atoms with van der Waals surface area (Å²) < 4.78 is 5.34. The van der Waals surface area contributed by atoms with Crippen molar-refractivity contribution in [2.75, 3.05) is 17.3 Å². The normalized spacial score (nSPS) is 19.9. The van der Waals surface area contributed by atoms with Crippen molar-refractivity contribution in [1.29, 1.82) is 0 Å². The van der Waals surface area contributed by atoms with E-state index >= 15 is 0 Å². The maximum atomic E-state index is 12.1. The Morgan fingerprint density at radius 2 is 1.96 bits per heavy atom. The van der Waals surface area contributed by atoms with E-state index in [1.54, 1.807) is 14.0 Å². The largest absolute Gasteiger partial charge is 0.497 e. The number of hydrogen-bond donors (Lipinski definition) is 1. The molecular weight excluding hydrogens is 288 g/mol. The van der Waals surface area contributed by atoms with E-state index in [9.17, 15) is 4.79 Å². The molecule has 1 aliphatic rings. The summed E-state index contributed by atoms with van der Waals surface area (Å²) in [6.07, 6.45) is 0.869. The second kappa shape index (κ2) is 6.32. The van der Waals surface area contributed by atoms with Gasteiger partial charge < -0.3 is 15.0 Å². The van der Waals surface area contributed by atoms with Crippen molar-refractivity contribution in [3.05, 3.63) is 54.1 Å². The number of carbonyl (C=O) groups is 1. The second-order valence-electron chi connectivity index (χ2n) is 5.96. The first-order chi connectivity index (χ1) is 11.1. The first kappa shape index (κ1) is 15.4. The Morgan fingerprint density at radius 3 is 2.61 bits per heavy atom. The molecular formula is C19H22N2O2. The average Bonchev–Trinajstić information content (AvgIpc) is 2.54. The van der Waals surface area contributed by atoms with Gasteiger partial charge in [0.25, 0.3) is 0 Å². The molecule has 0 radical (unpaired) electrons. The Hall–Kier alpha value is -2.49. The van der Waals surface area contributed by atoms with Gasteiger partial charge in [-0.3, -0.25) is 4.79 Å². The molecule has 4 heteroatoms. The van der Waals surface area contributed by atoms with Crippen molar-refractivity contribution >= 4 is 17.3 Å². The summed E-state index contributed by atoms with van der Waals surface area (Å²) in [6.45, 7) is 3.70. The molecule has 1 N–H and O–H groups in total. The van der Waals surface area contributed by atoms with Crippen LogP contribution >= 0.6 is 0 Å². The van der Waals surface area contributed by atoms with Crippen LogP contribution in [-0.2, 0) is 4.79 Å². The van der Waals surface area contributed by atoms with Gasteiger partial charge in [0.2, 0.25) is 5.91 Å². The lowest BCUT2D eigenvalue weighted by molar-refractivity contribution is -0.117. The number of amides is 1. The van der Waals surface area contributed by atoms with Gasteiger partial charge in [-0.2, -0.15) is 0 Å². The molecule has 120 valence electrons. The highest BCUT2D eigenvalue weighted by Crippen LogP contribution is 2.40. The van der Waals surface area contributed by atoms with E-state index in [1.165, 1.54) is 0 Å². The van der Waals surface area contributed by atoms with Crippen LogP contribution in [0.2, 0.25) is 0 Å².